The van der Waals surface area contributed by atoms with Crippen molar-refractivity contribution in [1.82, 2.24) is 10.4 Å². The molecule has 3 rings (SSSR count). The largest absolute Gasteiger partial charge is 0.493 e. The number of esters is 1. The second kappa shape index (κ2) is 9.87. The zero-order valence-corrected chi connectivity index (χ0v) is 16.3. The molecule has 0 saturated carbocycles. The van der Waals surface area contributed by atoms with Gasteiger partial charge in [0.1, 0.15) is 12.4 Å². The number of hydrogen-bond acceptors (Lipinski definition) is 8. The number of benzene rings is 1. The molecule has 1 amide bonds. The van der Waals surface area contributed by atoms with Crippen molar-refractivity contribution in [3.63, 3.8) is 0 Å². The molecule has 0 unspecified atom stereocenters. The van der Waals surface area contributed by atoms with Gasteiger partial charge < -0.3 is 18.6 Å². The molecular weight excluding hydrogens is 390 g/mol. The molecule has 0 aliphatic rings. The molecule has 1 N–H and O–H groups in total. The van der Waals surface area contributed by atoms with E-state index in [-0.39, 0.29) is 18.3 Å². The summed E-state index contributed by atoms with van der Waals surface area (Å²) in [7, 11) is 2.79. The van der Waals surface area contributed by atoms with Gasteiger partial charge in [-0.1, -0.05) is 0 Å². The van der Waals surface area contributed by atoms with E-state index >= 15 is 0 Å². The molecule has 2 heterocycles. The molecule has 0 atom stereocenters. The number of nitrogens with zero attached hydrogens (tertiary/aromatic N) is 2. The number of furan rings is 1. The van der Waals surface area contributed by atoms with Gasteiger partial charge in [-0.15, -0.1) is 0 Å². The standard InChI is InChI=1S/C21H19N3O6/c1-27-19-10-14(11-23-24-20(25)15-4-3-9-22-12-15)5-7-17(19)29-13-16-6-8-18(30-16)21(26)28-2/h3-12H,13H2,1-2H3,(H,24,25)/b23-11-. The number of ether oxygens (including phenoxy) is 3. The third kappa shape index (κ3) is 5.22. The number of amides is 1. The van der Waals surface area contributed by atoms with Gasteiger partial charge in [0, 0.05) is 12.4 Å². The molecule has 9 nitrogen and oxygen atoms in total. The Balaban J connectivity index is 1.61. The summed E-state index contributed by atoms with van der Waals surface area (Å²) in [4.78, 5) is 27.3. The van der Waals surface area contributed by atoms with Gasteiger partial charge in [0.15, 0.2) is 11.5 Å². The number of hydrogen-bond donors (Lipinski definition) is 1. The van der Waals surface area contributed by atoms with Crippen LogP contribution in [0.4, 0.5) is 0 Å². The summed E-state index contributed by atoms with van der Waals surface area (Å²) in [5.41, 5.74) is 3.53. The summed E-state index contributed by atoms with van der Waals surface area (Å²) < 4.78 is 21.0. The van der Waals surface area contributed by atoms with Crippen LogP contribution in [0.3, 0.4) is 0 Å². The van der Waals surface area contributed by atoms with Gasteiger partial charge in [-0.05, 0) is 48.0 Å². The first kappa shape index (κ1) is 20.6. The highest BCUT2D eigenvalue weighted by atomic mass is 16.5. The molecule has 0 saturated heterocycles. The average molecular weight is 409 g/mol. The highest BCUT2D eigenvalue weighted by Crippen LogP contribution is 2.28. The molecule has 0 aliphatic heterocycles. The molecule has 30 heavy (non-hydrogen) atoms. The SMILES string of the molecule is COC(=O)c1ccc(COc2ccc(/C=N\NC(=O)c3cccnc3)cc2OC)o1. The van der Waals surface area contributed by atoms with Gasteiger partial charge in [-0.25, -0.2) is 10.2 Å². The number of nitrogens with one attached hydrogen (secondary N) is 1. The van der Waals surface area contributed by atoms with E-state index in [1.807, 2.05) is 0 Å². The number of rotatable bonds is 8. The molecule has 2 aromatic heterocycles. The molecule has 0 spiro atoms. The minimum Gasteiger partial charge on any atom is -0.493 e. The van der Waals surface area contributed by atoms with Crippen LogP contribution in [-0.4, -0.2) is 37.3 Å². The Morgan fingerprint density at radius 1 is 1.17 bits per heavy atom. The van der Waals surface area contributed by atoms with Crippen molar-refractivity contribution < 1.29 is 28.2 Å². The van der Waals surface area contributed by atoms with Crippen molar-refractivity contribution >= 4 is 18.1 Å². The van der Waals surface area contributed by atoms with E-state index in [0.29, 0.717) is 28.4 Å². The van der Waals surface area contributed by atoms with Crippen LogP contribution in [0.2, 0.25) is 0 Å². The maximum absolute atomic E-state index is 11.9. The van der Waals surface area contributed by atoms with Gasteiger partial charge in [-0.2, -0.15) is 5.10 Å². The predicted molar refractivity (Wildman–Crippen MR) is 107 cm³/mol. The van der Waals surface area contributed by atoms with Crippen LogP contribution in [-0.2, 0) is 11.3 Å². The summed E-state index contributed by atoms with van der Waals surface area (Å²) in [6.45, 7) is 0.0992. The van der Waals surface area contributed by atoms with Crippen LogP contribution < -0.4 is 14.9 Å². The molecule has 3 aromatic rings. The number of aromatic nitrogens is 1. The van der Waals surface area contributed by atoms with E-state index < -0.39 is 5.97 Å². The maximum atomic E-state index is 11.9. The number of carbonyl (C=O) groups is 2. The average Bonchev–Trinajstić information content (AvgIpc) is 3.27. The second-order valence-corrected chi connectivity index (χ2v) is 5.90. The molecule has 0 radical (unpaired) electrons. The molecule has 9 heteroatoms. The lowest BCUT2D eigenvalue weighted by atomic mass is 10.2. The van der Waals surface area contributed by atoms with Crippen LogP contribution in [0.15, 0.2) is 64.4 Å². The van der Waals surface area contributed by atoms with E-state index in [1.54, 1.807) is 42.6 Å². The van der Waals surface area contributed by atoms with Gasteiger partial charge >= 0.3 is 5.97 Å². The highest BCUT2D eigenvalue weighted by molar-refractivity contribution is 5.94. The van der Waals surface area contributed by atoms with Gasteiger partial charge in [-0.3, -0.25) is 9.78 Å². The van der Waals surface area contributed by atoms with Gasteiger partial charge in [0.25, 0.3) is 5.91 Å². The van der Waals surface area contributed by atoms with Crippen LogP contribution in [0.25, 0.3) is 0 Å². The van der Waals surface area contributed by atoms with Crippen molar-refractivity contribution in [3.05, 3.63) is 77.5 Å². The third-order valence-corrected chi connectivity index (χ3v) is 3.91. The predicted octanol–water partition coefficient (Wildman–Crippen LogP) is 2.81. The van der Waals surface area contributed by atoms with E-state index in [4.69, 9.17) is 13.9 Å². The van der Waals surface area contributed by atoms with Crippen molar-refractivity contribution in [2.24, 2.45) is 5.10 Å². The minimum atomic E-state index is -0.557. The molecular formula is C21H19N3O6. The van der Waals surface area contributed by atoms with E-state index in [1.165, 1.54) is 32.7 Å². The van der Waals surface area contributed by atoms with E-state index in [2.05, 4.69) is 20.2 Å². The summed E-state index contributed by atoms with van der Waals surface area (Å²) in [6.07, 6.45) is 4.52. The molecule has 0 fully saturated rings. The Bertz CT molecular complexity index is 1050. The fourth-order valence-electron chi connectivity index (χ4n) is 2.43. The highest BCUT2D eigenvalue weighted by Gasteiger charge is 2.12. The zero-order chi connectivity index (χ0) is 21.3. The van der Waals surface area contributed by atoms with E-state index in [0.717, 1.165) is 0 Å². The van der Waals surface area contributed by atoms with Crippen LogP contribution >= 0.6 is 0 Å². The fraction of sp³-hybridized carbons (Fsp3) is 0.143. The van der Waals surface area contributed by atoms with Crippen LogP contribution in [0, 0.1) is 0 Å². The number of carbonyl (C=O) groups excluding carboxylic acids is 2. The van der Waals surface area contributed by atoms with Crippen molar-refractivity contribution in [1.29, 1.82) is 0 Å². The van der Waals surface area contributed by atoms with Crippen LogP contribution in [0.1, 0.15) is 32.2 Å². The fourth-order valence-corrected chi connectivity index (χ4v) is 2.43. The number of pyridine rings is 1. The molecule has 0 bridgehead atoms. The lowest BCUT2D eigenvalue weighted by Gasteiger charge is -2.10. The van der Waals surface area contributed by atoms with Crippen molar-refractivity contribution in [2.45, 2.75) is 6.61 Å². The lowest BCUT2D eigenvalue weighted by molar-refractivity contribution is 0.0560. The number of methoxy groups -OCH3 is 2. The smallest absolute Gasteiger partial charge is 0.373 e. The van der Waals surface area contributed by atoms with E-state index in [9.17, 15) is 9.59 Å². The lowest BCUT2D eigenvalue weighted by Crippen LogP contribution is -2.17. The maximum Gasteiger partial charge on any atom is 0.373 e. The van der Waals surface area contributed by atoms with Gasteiger partial charge in [0.2, 0.25) is 5.76 Å². The Kier molecular flexibility index (Phi) is 6.78. The molecule has 1 aromatic carbocycles. The first-order chi connectivity index (χ1) is 14.6. The monoisotopic (exact) mass is 409 g/mol. The topological polar surface area (TPSA) is 112 Å². The molecule has 154 valence electrons. The van der Waals surface area contributed by atoms with Gasteiger partial charge in [0.05, 0.1) is 26.0 Å². The van der Waals surface area contributed by atoms with Crippen LogP contribution in [0.5, 0.6) is 11.5 Å². The quantitative estimate of drug-likeness (QED) is 0.346. The Hall–Kier alpha value is -4.14. The molecule has 0 aliphatic carbocycles. The second-order valence-electron chi connectivity index (χ2n) is 5.90. The summed E-state index contributed by atoms with van der Waals surface area (Å²) in [6, 6.07) is 11.6. The summed E-state index contributed by atoms with van der Waals surface area (Å²) in [5, 5.41) is 3.94. The Morgan fingerprint density at radius 2 is 2.03 bits per heavy atom. The Labute approximate surface area is 172 Å². The van der Waals surface area contributed by atoms with Crippen molar-refractivity contribution in [3.8, 4) is 11.5 Å². The first-order valence-corrected chi connectivity index (χ1v) is 8.82. The summed E-state index contributed by atoms with van der Waals surface area (Å²) in [5.74, 6) is 0.584. The summed E-state index contributed by atoms with van der Waals surface area (Å²) >= 11 is 0. The Morgan fingerprint density at radius 3 is 2.77 bits per heavy atom. The first-order valence-electron chi connectivity index (χ1n) is 8.82. The normalized spacial score (nSPS) is 10.6. The zero-order valence-electron chi connectivity index (χ0n) is 16.3. The number of hydrazone groups is 1. The minimum absolute atomic E-state index is 0.0992. The van der Waals surface area contributed by atoms with Crippen molar-refractivity contribution in [2.75, 3.05) is 14.2 Å². The third-order valence-electron chi connectivity index (χ3n) is 3.91.